The van der Waals surface area contributed by atoms with E-state index in [4.69, 9.17) is 16.3 Å². The molecule has 2 aromatic heterocycles. The van der Waals surface area contributed by atoms with Crippen molar-refractivity contribution in [1.29, 1.82) is 0 Å². The Morgan fingerprint density at radius 1 is 1.09 bits per heavy atom. The topological polar surface area (TPSA) is 62.6 Å². The number of amides is 2. The second kappa shape index (κ2) is 10.1. The second-order valence-corrected chi connectivity index (χ2v) is 9.21. The van der Waals surface area contributed by atoms with Crippen LogP contribution in [0, 0.1) is 0 Å². The van der Waals surface area contributed by atoms with E-state index in [0.29, 0.717) is 12.5 Å². The van der Waals surface area contributed by atoms with Crippen molar-refractivity contribution in [2.75, 3.05) is 52.5 Å². The predicted octanol–water partition coefficient (Wildman–Crippen LogP) is 3.90. The Morgan fingerprint density at radius 2 is 1.85 bits per heavy atom. The van der Waals surface area contributed by atoms with Crippen LogP contribution in [0.3, 0.4) is 0 Å². The molecule has 4 heterocycles. The number of ether oxygens (including phenoxy) is 1. The Bertz CT molecular complexity index is 1090. The van der Waals surface area contributed by atoms with E-state index in [2.05, 4.69) is 32.0 Å². The number of halogens is 1. The molecule has 1 aromatic carbocycles. The lowest BCUT2D eigenvalue weighted by molar-refractivity contribution is 0.0385. The summed E-state index contributed by atoms with van der Waals surface area (Å²) in [6, 6.07) is 10.0. The third-order valence-corrected chi connectivity index (χ3v) is 7.03. The number of nitrogens with zero attached hydrogens (tertiary/aromatic N) is 4. The van der Waals surface area contributed by atoms with Crippen LogP contribution in [0.1, 0.15) is 24.3 Å². The summed E-state index contributed by atoms with van der Waals surface area (Å²) < 4.78 is 7.57. The first-order valence-electron chi connectivity index (χ1n) is 11.7. The number of likely N-dealkylation sites (tertiary alicyclic amines) is 1. The number of hydrogen-bond acceptors (Lipinski definition) is 4. The highest BCUT2D eigenvalue weighted by Gasteiger charge is 2.26. The lowest BCUT2D eigenvalue weighted by Crippen LogP contribution is -2.47. The van der Waals surface area contributed by atoms with E-state index in [1.54, 1.807) is 0 Å². The standard InChI is InChI=1S/C25H30ClN5O2/c26-20-1-3-21(4-2-20)31-18-23(22-5-8-27-17-24(22)31)19-6-10-30(11-7-19)25(32)28-9-12-29-13-15-33-16-14-29/h1-5,8,17-19H,6-7,9-16H2,(H,28,32). The van der Waals surface area contributed by atoms with Crippen molar-refractivity contribution >= 4 is 28.5 Å². The Balaban J connectivity index is 1.22. The lowest BCUT2D eigenvalue weighted by Gasteiger charge is -2.32. The smallest absolute Gasteiger partial charge is 0.317 e. The summed E-state index contributed by atoms with van der Waals surface area (Å²) in [7, 11) is 0. The summed E-state index contributed by atoms with van der Waals surface area (Å²) in [4.78, 5) is 21.3. The lowest BCUT2D eigenvalue weighted by atomic mass is 9.89. The van der Waals surface area contributed by atoms with Crippen molar-refractivity contribution in [3.05, 3.63) is 59.5 Å². The van der Waals surface area contributed by atoms with E-state index in [1.165, 1.54) is 10.9 Å². The van der Waals surface area contributed by atoms with Gasteiger partial charge in [0, 0.05) is 67.8 Å². The third kappa shape index (κ3) is 5.00. The summed E-state index contributed by atoms with van der Waals surface area (Å²) in [5, 5.41) is 5.05. The molecule has 8 heteroatoms. The second-order valence-electron chi connectivity index (χ2n) is 8.77. The Hall–Kier alpha value is -2.61. The van der Waals surface area contributed by atoms with Crippen molar-refractivity contribution < 1.29 is 9.53 Å². The molecule has 0 unspecified atom stereocenters. The zero-order valence-electron chi connectivity index (χ0n) is 18.8. The Morgan fingerprint density at radius 3 is 2.61 bits per heavy atom. The molecule has 0 aliphatic carbocycles. The number of urea groups is 1. The van der Waals surface area contributed by atoms with Crippen LogP contribution in [0.2, 0.25) is 5.02 Å². The van der Waals surface area contributed by atoms with E-state index in [1.807, 2.05) is 41.6 Å². The van der Waals surface area contributed by atoms with Crippen LogP contribution >= 0.6 is 11.6 Å². The number of carbonyl (C=O) groups is 1. The molecule has 33 heavy (non-hydrogen) atoms. The summed E-state index contributed by atoms with van der Waals surface area (Å²) in [5.74, 6) is 0.417. The minimum absolute atomic E-state index is 0.0505. The molecule has 0 atom stereocenters. The minimum Gasteiger partial charge on any atom is -0.379 e. The van der Waals surface area contributed by atoms with Gasteiger partial charge < -0.3 is 19.5 Å². The third-order valence-electron chi connectivity index (χ3n) is 6.77. The molecule has 2 fully saturated rings. The van der Waals surface area contributed by atoms with Crippen molar-refractivity contribution in [2.24, 2.45) is 0 Å². The highest BCUT2D eigenvalue weighted by atomic mass is 35.5. The van der Waals surface area contributed by atoms with E-state index < -0.39 is 0 Å². The number of fused-ring (bicyclic) bond motifs is 1. The van der Waals surface area contributed by atoms with Gasteiger partial charge in [0.1, 0.15) is 0 Å². The molecular formula is C25H30ClN5O2. The summed E-state index contributed by atoms with van der Waals surface area (Å²) in [6.45, 7) is 6.56. The zero-order chi connectivity index (χ0) is 22.6. The normalized spacial score (nSPS) is 18.0. The van der Waals surface area contributed by atoms with Gasteiger partial charge in [-0.05, 0) is 54.7 Å². The van der Waals surface area contributed by atoms with E-state index in [-0.39, 0.29) is 6.03 Å². The summed E-state index contributed by atoms with van der Waals surface area (Å²) in [6.07, 6.45) is 7.93. The van der Waals surface area contributed by atoms with E-state index in [9.17, 15) is 4.79 Å². The van der Waals surface area contributed by atoms with Gasteiger partial charge in [-0.3, -0.25) is 9.88 Å². The van der Waals surface area contributed by atoms with Gasteiger partial charge in [-0.15, -0.1) is 0 Å². The number of carbonyl (C=O) groups excluding carboxylic acids is 1. The van der Waals surface area contributed by atoms with Gasteiger partial charge in [-0.1, -0.05) is 11.6 Å². The number of rotatable bonds is 5. The highest BCUT2D eigenvalue weighted by Crippen LogP contribution is 2.35. The number of piperidine rings is 1. The van der Waals surface area contributed by atoms with Crippen LogP contribution in [0.15, 0.2) is 48.9 Å². The summed E-state index contributed by atoms with van der Waals surface area (Å²) in [5.41, 5.74) is 3.49. The van der Waals surface area contributed by atoms with E-state index in [0.717, 1.165) is 75.0 Å². The molecule has 2 saturated heterocycles. The fraction of sp³-hybridized carbons (Fsp3) is 0.440. The number of morpholine rings is 1. The Labute approximate surface area is 199 Å². The predicted molar refractivity (Wildman–Crippen MR) is 130 cm³/mol. The molecule has 7 nitrogen and oxygen atoms in total. The molecule has 0 saturated carbocycles. The van der Waals surface area contributed by atoms with Gasteiger partial charge >= 0.3 is 6.03 Å². The van der Waals surface area contributed by atoms with Gasteiger partial charge in [0.2, 0.25) is 0 Å². The molecule has 2 aliphatic heterocycles. The number of pyridine rings is 1. The largest absolute Gasteiger partial charge is 0.379 e. The monoisotopic (exact) mass is 467 g/mol. The average Bonchev–Trinajstić information content (AvgIpc) is 3.25. The van der Waals surface area contributed by atoms with Gasteiger partial charge in [0.15, 0.2) is 0 Å². The zero-order valence-corrected chi connectivity index (χ0v) is 19.5. The average molecular weight is 468 g/mol. The van der Waals surface area contributed by atoms with Gasteiger partial charge in [-0.25, -0.2) is 4.79 Å². The van der Waals surface area contributed by atoms with Crippen LogP contribution in [0.4, 0.5) is 4.79 Å². The summed E-state index contributed by atoms with van der Waals surface area (Å²) >= 11 is 6.09. The molecule has 174 valence electrons. The van der Waals surface area contributed by atoms with E-state index >= 15 is 0 Å². The molecule has 0 bridgehead atoms. The highest BCUT2D eigenvalue weighted by molar-refractivity contribution is 6.30. The fourth-order valence-electron chi connectivity index (χ4n) is 4.89. The van der Waals surface area contributed by atoms with Crippen LogP contribution in [-0.4, -0.2) is 77.9 Å². The van der Waals surface area contributed by atoms with Crippen LogP contribution < -0.4 is 5.32 Å². The first-order chi connectivity index (χ1) is 16.2. The molecule has 3 aromatic rings. The maximum Gasteiger partial charge on any atom is 0.317 e. The van der Waals surface area contributed by atoms with Gasteiger partial charge in [0.05, 0.1) is 24.9 Å². The molecule has 0 radical (unpaired) electrons. The molecule has 5 rings (SSSR count). The van der Waals surface area contributed by atoms with Crippen LogP contribution in [0.25, 0.3) is 16.6 Å². The maximum atomic E-state index is 12.7. The SMILES string of the molecule is O=C(NCCN1CCOCC1)N1CCC(c2cn(-c3ccc(Cl)cc3)c3cnccc23)CC1. The molecule has 2 amide bonds. The number of aromatic nitrogens is 2. The molecular weight excluding hydrogens is 438 g/mol. The number of benzene rings is 1. The molecule has 2 aliphatic rings. The molecule has 1 N–H and O–H groups in total. The van der Waals surface area contributed by atoms with Crippen molar-refractivity contribution in [3.63, 3.8) is 0 Å². The maximum absolute atomic E-state index is 12.7. The minimum atomic E-state index is 0.0505. The van der Waals surface area contributed by atoms with Crippen LogP contribution in [-0.2, 0) is 4.74 Å². The van der Waals surface area contributed by atoms with Crippen molar-refractivity contribution in [2.45, 2.75) is 18.8 Å². The number of nitrogens with one attached hydrogen (secondary N) is 1. The van der Waals surface area contributed by atoms with Crippen LogP contribution in [0.5, 0.6) is 0 Å². The number of hydrogen-bond donors (Lipinski definition) is 1. The quantitative estimate of drug-likeness (QED) is 0.618. The van der Waals surface area contributed by atoms with Gasteiger partial charge in [0.25, 0.3) is 0 Å². The Kier molecular flexibility index (Phi) is 6.80. The molecule has 0 spiro atoms. The van der Waals surface area contributed by atoms with Crippen molar-refractivity contribution in [3.8, 4) is 5.69 Å². The first-order valence-corrected chi connectivity index (χ1v) is 12.1. The van der Waals surface area contributed by atoms with Crippen molar-refractivity contribution in [1.82, 2.24) is 24.7 Å². The van der Waals surface area contributed by atoms with Gasteiger partial charge in [-0.2, -0.15) is 0 Å². The first kappa shape index (κ1) is 22.2. The fourth-order valence-corrected chi connectivity index (χ4v) is 5.02.